The SMILES string of the molecule is CC(C)(O)[C@H]1COC(C2(C3=N[C@@H](C(C)(C)O)CO3)CC2)=N1. The van der Waals surface area contributed by atoms with Crippen LogP contribution in [0.3, 0.4) is 0 Å². The Morgan fingerprint density at radius 3 is 1.52 bits per heavy atom. The van der Waals surface area contributed by atoms with Gasteiger partial charge >= 0.3 is 0 Å². The molecule has 2 N–H and O–H groups in total. The minimum atomic E-state index is -0.897. The van der Waals surface area contributed by atoms with Crippen molar-refractivity contribution in [3.63, 3.8) is 0 Å². The molecule has 0 aromatic rings. The van der Waals surface area contributed by atoms with Gasteiger partial charge < -0.3 is 19.7 Å². The van der Waals surface area contributed by atoms with Gasteiger partial charge in [0.25, 0.3) is 0 Å². The number of hydrogen-bond donors (Lipinski definition) is 2. The first kappa shape index (κ1) is 14.8. The number of rotatable bonds is 4. The molecule has 0 aromatic carbocycles. The monoisotopic (exact) mass is 296 g/mol. The Hall–Kier alpha value is -1.14. The average Bonchev–Trinajstić information content (AvgIpc) is 2.82. The number of aliphatic hydroxyl groups is 2. The van der Waals surface area contributed by atoms with Gasteiger partial charge in [-0.25, -0.2) is 9.98 Å². The van der Waals surface area contributed by atoms with E-state index >= 15 is 0 Å². The molecule has 0 saturated heterocycles. The van der Waals surface area contributed by atoms with Gasteiger partial charge in [-0.1, -0.05) is 0 Å². The van der Waals surface area contributed by atoms with E-state index in [1.165, 1.54) is 0 Å². The van der Waals surface area contributed by atoms with Crippen LogP contribution in [0.15, 0.2) is 9.98 Å². The first-order chi connectivity index (χ1) is 9.63. The first-order valence-corrected chi connectivity index (χ1v) is 7.50. The molecule has 3 rings (SSSR count). The van der Waals surface area contributed by atoms with Crippen molar-refractivity contribution in [1.82, 2.24) is 0 Å². The third-order valence-corrected chi connectivity index (χ3v) is 4.50. The van der Waals surface area contributed by atoms with Gasteiger partial charge in [0.2, 0.25) is 0 Å². The zero-order valence-electron chi connectivity index (χ0n) is 13.1. The summed E-state index contributed by atoms with van der Waals surface area (Å²) < 4.78 is 11.4. The molecular weight excluding hydrogens is 272 g/mol. The molecule has 0 amide bonds. The summed E-state index contributed by atoms with van der Waals surface area (Å²) in [6.45, 7) is 7.73. The molecule has 1 aliphatic carbocycles. The molecule has 2 heterocycles. The van der Waals surface area contributed by atoms with Gasteiger partial charge in [0.15, 0.2) is 11.8 Å². The predicted octanol–water partition coefficient (Wildman–Crippen LogP) is 0.903. The van der Waals surface area contributed by atoms with E-state index < -0.39 is 11.2 Å². The van der Waals surface area contributed by atoms with Gasteiger partial charge in [0.1, 0.15) is 30.7 Å². The average molecular weight is 296 g/mol. The van der Waals surface area contributed by atoms with Gasteiger partial charge in [0, 0.05) is 0 Å². The smallest absolute Gasteiger partial charge is 0.199 e. The summed E-state index contributed by atoms with van der Waals surface area (Å²) >= 11 is 0. The molecule has 0 unspecified atom stereocenters. The van der Waals surface area contributed by atoms with E-state index in [0.717, 1.165) is 12.8 Å². The molecule has 6 heteroatoms. The number of aliphatic imine (C=N–C) groups is 2. The van der Waals surface area contributed by atoms with Crippen molar-refractivity contribution in [3.05, 3.63) is 0 Å². The summed E-state index contributed by atoms with van der Waals surface area (Å²) in [6, 6.07) is -0.505. The molecular formula is C15H24N2O4. The molecule has 2 atom stereocenters. The van der Waals surface area contributed by atoms with Crippen molar-refractivity contribution in [2.45, 2.75) is 63.8 Å². The fourth-order valence-electron chi connectivity index (χ4n) is 2.64. The van der Waals surface area contributed by atoms with Crippen molar-refractivity contribution >= 4 is 11.8 Å². The van der Waals surface area contributed by atoms with Crippen molar-refractivity contribution in [2.75, 3.05) is 13.2 Å². The Morgan fingerprint density at radius 1 is 0.905 bits per heavy atom. The molecule has 0 spiro atoms. The highest BCUT2D eigenvalue weighted by Gasteiger charge is 2.59. The quantitative estimate of drug-likeness (QED) is 0.807. The largest absolute Gasteiger partial charge is 0.478 e. The summed E-state index contributed by atoms with van der Waals surface area (Å²) in [5.41, 5.74) is -2.16. The molecule has 3 aliphatic rings. The van der Waals surface area contributed by atoms with Crippen molar-refractivity contribution < 1.29 is 19.7 Å². The van der Waals surface area contributed by atoms with E-state index in [4.69, 9.17) is 9.47 Å². The molecule has 21 heavy (non-hydrogen) atoms. The van der Waals surface area contributed by atoms with Crippen LogP contribution in [0, 0.1) is 5.41 Å². The standard InChI is InChI=1S/C15H24N2O4/c1-13(2,18)9-7-20-11(16-9)15(5-6-15)12-17-10(8-21-12)14(3,4)19/h9-10,18-19H,5-8H2,1-4H3/t9-,10-/m1/s1. The summed E-state index contributed by atoms with van der Waals surface area (Å²) in [5, 5.41) is 20.1. The van der Waals surface area contributed by atoms with Crippen LogP contribution in [0.1, 0.15) is 40.5 Å². The lowest BCUT2D eigenvalue weighted by atomic mass is 10.0. The van der Waals surface area contributed by atoms with Gasteiger partial charge in [-0.3, -0.25) is 0 Å². The van der Waals surface area contributed by atoms with E-state index in [2.05, 4.69) is 9.98 Å². The van der Waals surface area contributed by atoms with E-state index in [-0.39, 0.29) is 17.5 Å². The summed E-state index contributed by atoms with van der Waals surface area (Å²) in [6.07, 6.45) is 1.78. The van der Waals surface area contributed by atoms with Gasteiger partial charge in [-0.05, 0) is 40.5 Å². The topological polar surface area (TPSA) is 83.6 Å². The van der Waals surface area contributed by atoms with Crippen LogP contribution < -0.4 is 0 Å². The van der Waals surface area contributed by atoms with Crippen LogP contribution >= 0.6 is 0 Å². The fourth-order valence-corrected chi connectivity index (χ4v) is 2.64. The van der Waals surface area contributed by atoms with Crippen LogP contribution in [-0.4, -0.2) is 58.5 Å². The second-order valence-electron chi connectivity index (χ2n) is 7.41. The third kappa shape index (κ3) is 2.55. The third-order valence-electron chi connectivity index (χ3n) is 4.50. The number of ether oxygens (including phenoxy) is 2. The van der Waals surface area contributed by atoms with Crippen LogP contribution in [-0.2, 0) is 9.47 Å². The predicted molar refractivity (Wildman–Crippen MR) is 78.6 cm³/mol. The van der Waals surface area contributed by atoms with Gasteiger partial charge in [0.05, 0.1) is 11.2 Å². The molecule has 0 bridgehead atoms. The van der Waals surface area contributed by atoms with Crippen LogP contribution in [0.4, 0.5) is 0 Å². The lowest BCUT2D eigenvalue weighted by molar-refractivity contribution is 0.0433. The van der Waals surface area contributed by atoms with E-state index in [0.29, 0.717) is 25.0 Å². The molecule has 6 nitrogen and oxygen atoms in total. The minimum absolute atomic E-state index is 0.253. The Morgan fingerprint density at radius 2 is 1.29 bits per heavy atom. The van der Waals surface area contributed by atoms with Gasteiger partial charge in [-0.2, -0.15) is 0 Å². The molecule has 1 fully saturated rings. The van der Waals surface area contributed by atoms with Crippen molar-refractivity contribution in [3.8, 4) is 0 Å². The van der Waals surface area contributed by atoms with E-state index in [1.54, 1.807) is 27.7 Å². The van der Waals surface area contributed by atoms with Crippen LogP contribution in [0.2, 0.25) is 0 Å². The van der Waals surface area contributed by atoms with Gasteiger partial charge in [-0.15, -0.1) is 0 Å². The Kier molecular flexibility index (Phi) is 3.12. The summed E-state index contributed by atoms with van der Waals surface area (Å²) in [7, 11) is 0. The van der Waals surface area contributed by atoms with E-state index in [9.17, 15) is 10.2 Å². The highest BCUT2D eigenvalue weighted by atomic mass is 16.5. The fraction of sp³-hybridized carbons (Fsp3) is 0.867. The molecule has 1 saturated carbocycles. The second-order valence-corrected chi connectivity index (χ2v) is 7.41. The minimum Gasteiger partial charge on any atom is -0.478 e. The Balaban J connectivity index is 1.81. The maximum atomic E-state index is 10.1. The zero-order valence-corrected chi connectivity index (χ0v) is 13.1. The van der Waals surface area contributed by atoms with Crippen LogP contribution in [0.5, 0.6) is 0 Å². The molecule has 0 radical (unpaired) electrons. The maximum absolute atomic E-state index is 10.1. The maximum Gasteiger partial charge on any atom is 0.199 e. The number of nitrogens with zero attached hydrogens (tertiary/aromatic N) is 2. The second kappa shape index (κ2) is 4.43. The molecule has 0 aromatic heterocycles. The zero-order chi connectivity index (χ0) is 15.5. The summed E-state index contributed by atoms with van der Waals surface area (Å²) in [4.78, 5) is 9.09. The van der Waals surface area contributed by atoms with E-state index in [1.807, 2.05) is 0 Å². The summed E-state index contributed by atoms with van der Waals surface area (Å²) in [5.74, 6) is 1.26. The Labute approximate surface area is 124 Å². The molecule has 118 valence electrons. The highest BCUT2D eigenvalue weighted by molar-refractivity contribution is 6.09. The lowest BCUT2D eigenvalue weighted by Crippen LogP contribution is -2.35. The van der Waals surface area contributed by atoms with Crippen molar-refractivity contribution in [2.24, 2.45) is 15.4 Å². The normalized spacial score (nSPS) is 31.3. The Bertz CT molecular complexity index is 453. The van der Waals surface area contributed by atoms with Crippen LogP contribution in [0.25, 0.3) is 0 Å². The lowest BCUT2D eigenvalue weighted by Gasteiger charge is -2.20. The number of hydrogen-bond acceptors (Lipinski definition) is 6. The van der Waals surface area contributed by atoms with Crippen molar-refractivity contribution in [1.29, 1.82) is 0 Å². The first-order valence-electron chi connectivity index (χ1n) is 7.50. The highest BCUT2D eigenvalue weighted by Crippen LogP contribution is 2.51. The molecule has 2 aliphatic heterocycles.